The summed E-state index contributed by atoms with van der Waals surface area (Å²) in [7, 11) is 1.81. The first-order valence-electron chi connectivity index (χ1n) is 9.22. The number of aryl methyl sites for hydroxylation is 1. The van der Waals surface area contributed by atoms with Gasteiger partial charge in [0.15, 0.2) is 0 Å². The summed E-state index contributed by atoms with van der Waals surface area (Å²) in [6.45, 7) is 3.41. The van der Waals surface area contributed by atoms with Crippen molar-refractivity contribution in [3.05, 3.63) is 70.8 Å². The molecule has 0 radical (unpaired) electrons. The molecule has 2 aliphatic heterocycles. The number of rotatable bonds is 2. The average molecular weight is 348 g/mol. The molecule has 2 heterocycles. The fourth-order valence-electron chi connectivity index (χ4n) is 4.23. The van der Waals surface area contributed by atoms with Gasteiger partial charge in [-0.05, 0) is 30.0 Å². The number of amides is 2. The van der Waals surface area contributed by atoms with Gasteiger partial charge in [0.25, 0.3) is 0 Å². The number of nitrogens with zero attached hydrogens (tertiary/aromatic N) is 2. The third-order valence-electron chi connectivity index (χ3n) is 5.76. The van der Waals surface area contributed by atoms with Gasteiger partial charge in [0.1, 0.15) is 0 Å². The summed E-state index contributed by atoms with van der Waals surface area (Å²) in [5.74, 6) is -0.158. The Morgan fingerprint density at radius 2 is 1.73 bits per heavy atom. The molecule has 0 spiro atoms. The maximum absolute atomic E-state index is 13.3. The van der Waals surface area contributed by atoms with E-state index in [4.69, 9.17) is 0 Å². The molecule has 134 valence electrons. The largest absolute Gasteiger partial charge is 0.338 e. The summed E-state index contributed by atoms with van der Waals surface area (Å²) in [5.41, 5.74) is 4.76. The number of fused-ring (bicyclic) bond motifs is 1. The maximum atomic E-state index is 13.3. The van der Waals surface area contributed by atoms with Crippen molar-refractivity contribution in [2.45, 2.75) is 32.4 Å². The minimum absolute atomic E-state index is 0.0475. The van der Waals surface area contributed by atoms with Crippen LogP contribution in [-0.4, -0.2) is 35.2 Å². The first kappa shape index (κ1) is 16.8. The molecular weight excluding hydrogens is 324 g/mol. The summed E-state index contributed by atoms with van der Waals surface area (Å²) in [4.78, 5) is 29.3. The number of benzene rings is 2. The Balaban J connectivity index is 1.60. The third-order valence-corrected chi connectivity index (χ3v) is 5.76. The summed E-state index contributed by atoms with van der Waals surface area (Å²) in [5, 5.41) is 0. The molecule has 2 atom stereocenters. The molecule has 0 saturated carbocycles. The molecule has 0 bridgehead atoms. The molecule has 0 aromatic heterocycles. The molecule has 2 amide bonds. The van der Waals surface area contributed by atoms with E-state index in [-0.39, 0.29) is 23.8 Å². The standard InChI is InChI=1S/C22H24N2O2/c1-15-7-9-17(10-8-15)21-19(13-20(25)23(21)2)22(26)24-12-11-16-5-3-4-6-18(16)14-24/h3-10,19,21H,11-14H2,1-2H3/t19-,21-/m1/s1. The predicted octanol–water partition coefficient (Wildman–Crippen LogP) is 3.10. The summed E-state index contributed by atoms with van der Waals surface area (Å²) >= 11 is 0. The van der Waals surface area contributed by atoms with E-state index < -0.39 is 0 Å². The van der Waals surface area contributed by atoms with Gasteiger partial charge >= 0.3 is 0 Å². The Kier molecular flexibility index (Phi) is 4.27. The fourth-order valence-corrected chi connectivity index (χ4v) is 4.23. The number of carbonyl (C=O) groups is 2. The van der Waals surface area contributed by atoms with Crippen LogP contribution in [0.4, 0.5) is 0 Å². The van der Waals surface area contributed by atoms with E-state index in [1.54, 1.807) is 4.90 Å². The van der Waals surface area contributed by atoms with E-state index in [9.17, 15) is 9.59 Å². The highest BCUT2D eigenvalue weighted by molar-refractivity contribution is 5.90. The van der Waals surface area contributed by atoms with Crippen LogP contribution in [-0.2, 0) is 22.6 Å². The first-order valence-corrected chi connectivity index (χ1v) is 9.22. The van der Waals surface area contributed by atoms with Gasteiger partial charge in [-0.25, -0.2) is 0 Å². The minimum Gasteiger partial charge on any atom is -0.338 e. The maximum Gasteiger partial charge on any atom is 0.228 e. The number of hydrogen-bond donors (Lipinski definition) is 0. The third kappa shape index (κ3) is 2.90. The van der Waals surface area contributed by atoms with Gasteiger partial charge in [0.2, 0.25) is 11.8 Å². The zero-order chi connectivity index (χ0) is 18.3. The second kappa shape index (κ2) is 6.60. The lowest BCUT2D eigenvalue weighted by Crippen LogP contribution is -2.41. The Morgan fingerprint density at radius 1 is 1.04 bits per heavy atom. The highest BCUT2D eigenvalue weighted by Gasteiger charge is 2.44. The number of hydrogen-bond acceptors (Lipinski definition) is 2. The molecule has 26 heavy (non-hydrogen) atoms. The van der Waals surface area contributed by atoms with Crippen LogP contribution in [0.5, 0.6) is 0 Å². The Bertz CT molecular complexity index is 843. The molecule has 1 saturated heterocycles. The van der Waals surface area contributed by atoms with Crippen LogP contribution in [0.15, 0.2) is 48.5 Å². The number of carbonyl (C=O) groups excluding carboxylic acids is 2. The van der Waals surface area contributed by atoms with Crippen LogP contribution in [0, 0.1) is 12.8 Å². The van der Waals surface area contributed by atoms with Crippen LogP contribution in [0.25, 0.3) is 0 Å². The lowest BCUT2D eigenvalue weighted by atomic mass is 9.90. The van der Waals surface area contributed by atoms with Crippen molar-refractivity contribution < 1.29 is 9.59 Å². The molecule has 0 unspecified atom stereocenters. The van der Waals surface area contributed by atoms with Gasteiger partial charge in [0.05, 0.1) is 12.0 Å². The Morgan fingerprint density at radius 3 is 2.46 bits per heavy atom. The van der Waals surface area contributed by atoms with Gasteiger partial charge in [0, 0.05) is 26.6 Å². The molecule has 1 fully saturated rings. The van der Waals surface area contributed by atoms with Gasteiger partial charge in [-0.15, -0.1) is 0 Å². The Hall–Kier alpha value is -2.62. The zero-order valence-corrected chi connectivity index (χ0v) is 15.3. The van der Waals surface area contributed by atoms with Crippen LogP contribution >= 0.6 is 0 Å². The predicted molar refractivity (Wildman–Crippen MR) is 100 cm³/mol. The normalized spacial score (nSPS) is 22.5. The second-order valence-electron chi connectivity index (χ2n) is 7.45. The molecule has 2 aromatic rings. The summed E-state index contributed by atoms with van der Waals surface area (Å²) < 4.78 is 0. The van der Waals surface area contributed by atoms with E-state index in [1.165, 1.54) is 16.7 Å². The highest BCUT2D eigenvalue weighted by atomic mass is 16.2. The average Bonchev–Trinajstić information content (AvgIpc) is 2.96. The summed E-state index contributed by atoms with van der Waals surface area (Å²) in [6.07, 6.45) is 1.18. The molecule has 0 aliphatic carbocycles. The van der Waals surface area contributed by atoms with E-state index in [2.05, 4.69) is 12.1 Å². The van der Waals surface area contributed by atoms with Crippen molar-refractivity contribution in [3.63, 3.8) is 0 Å². The fraction of sp³-hybridized carbons (Fsp3) is 0.364. The molecule has 0 N–H and O–H groups in total. The molecular formula is C22H24N2O2. The second-order valence-corrected chi connectivity index (χ2v) is 7.45. The number of likely N-dealkylation sites (tertiary alicyclic amines) is 1. The quantitative estimate of drug-likeness (QED) is 0.837. The van der Waals surface area contributed by atoms with Crippen LogP contribution in [0.3, 0.4) is 0 Å². The topological polar surface area (TPSA) is 40.6 Å². The molecule has 2 aromatic carbocycles. The van der Waals surface area contributed by atoms with Crippen molar-refractivity contribution in [1.82, 2.24) is 9.80 Å². The van der Waals surface area contributed by atoms with Crippen molar-refractivity contribution in [3.8, 4) is 0 Å². The smallest absolute Gasteiger partial charge is 0.228 e. The SMILES string of the molecule is Cc1ccc([C@@H]2[C@H](C(=O)N3CCc4ccccc4C3)CC(=O)N2C)cc1. The van der Waals surface area contributed by atoms with Gasteiger partial charge in [-0.2, -0.15) is 0 Å². The van der Waals surface area contributed by atoms with Gasteiger partial charge in [-0.3, -0.25) is 9.59 Å². The van der Waals surface area contributed by atoms with Crippen molar-refractivity contribution in [1.29, 1.82) is 0 Å². The lowest BCUT2D eigenvalue weighted by molar-refractivity contribution is -0.137. The monoisotopic (exact) mass is 348 g/mol. The van der Waals surface area contributed by atoms with Crippen molar-refractivity contribution >= 4 is 11.8 Å². The van der Waals surface area contributed by atoms with Crippen molar-refractivity contribution in [2.75, 3.05) is 13.6 Å². The van der Waals surface area contributed by atoms with E-state index in [1.807, 2.05) is 55.3 Å². The van der Waals surface area contributed by atoms with Crippen molar-refractivity contribution in [2.24, 2.45) is 5.92 Å². The van der Waals surface area contributed by atoms with Gasteiger partial charge < -0.3 is 9.80 Å². The highest BCUT2D eigenvalue weighted by Crippen LogP contribution is 2.38. The van der Waals surface area contributed by atoms with Crippen LogP contribution < -0.4 is 0 Å². The van der Waals surface area contributed by atoms with Crippen LogP contribution in [0.2, 0.25) is 0 Å². The molecule has 2 aliphatic rings. The molecule has 4 rings (SSSR count). The van der Waals surface area contributed by atoms with E-state index in [0.717, 1.165) is 18.5 Å². The lowest BCUT2D eigenvalue weighted by Gasteiger charge is -2.33. The summed E-state index contributed by atoms with van der Waals surface area (Å²) in [6, 6.07) is 16.3. The minimum atomic E-state index is -0.305. The van der Waals surface area contributed by atoms with Gasteiger partial charge in [-0.1, -0.05) is 54.1 Å². The Labute approximate surface area is 154 Å². The van der Waals surface area contributed by atoms with E-state index in [0.29, 0.717) is 13.0 Å². The van der Waals surface area contributed by atoms with E-state index >= 15 is 0 Å². The first-order chi connectivity index (χ1) is 12.5. The molecule has 4 nitrogen and oxygen atoms in total. The molecule has 4 heteroatoms. The van der Waals surface area contributed by atoms with Crippen LogP contribution in [0.1, 0.15) is 34.7 Å². The zero-order valence-electron chi connectivity index (χ0n) is 15.3.